The highest BCUT2D eigenvalue weighted by Gasteiger charge is 2.16. The minimum Gasteiger partial charge on any atom is -0.330 e. The molecule has 29 heavy (non-hydrogen) atoms. The number of nitrogens with zero attached hydrogens (tertiary/aromatic N) is 1. The van der Waals surface area contributed by atoms with Gasteiger partial charge in [0.1, 0.15) is 5.82 Å². The third-order valence-corrected chi connectivity index (χ3v) is 4.72. The molecule has 0 bridgehead atoms. The van der Waals surface area contributed by atoms with Crippen molar-refractivity contribution in [1.82, 2.24) is 5.32 Å². The lowest BCUT2D eigenvalue weighted by Crippen LogP contribution is -2.35. The number of nitrogens with one attached hydrogen (secondary N) is 2. The zero-order chi connectivity index (χ0) is 20.8. The van der Waals surface area contributed by atoms with Crippen LogP contribution in [-0.4, -0.2) is 11.9 Å². The summed E-state index contributed by atoms with van der Waals surface area (Å²) in [5.41, 5.74) is 2.47. The Balaban J connectivity index is 1.60. The van der Waals surface area contributed by atoms with E-state index < -0.39 is 6.03 Å². The monoisotopic (exact) mass is 409 g/mol. The number of benzene rings is 3. The average Bonchev–Trinajstić information content (AvgIpc) is 2.74. The molecule has 0 saturated heterocycles. The van der Waals surface area contributed by atoms with Gasteiger partial charge in [0, 0.05) is 11.3 Å². The second kappa shape index (κ2) is 9.25. The van der Waals surface area contributed by atoms with Crippen molar-refractivity contribution in [2.45, 2.75) is 13.0 Å². The molecule has 0 fully saturated rings. The number of carbonyl (C=O) groups excluding carboxylic acids is 2. The highest BCUT2D eigenvalue weighted by atomic mass is 32.1. The lowest BCUT2D eigenvalue weighted by molar-refractivity contribution is 0.102. The van der Waals surface area contributed by atoms with E-state index in [1.807, 2.05) is 6.07 Å². The number of thiol groups is 1. The van der Waals surface area contributed by atoms with Gasteiger partial charge in [-0.1, -0.05) is 43.1 Å². The number of rotatable bonds is 5. The van der Waals surface area contributed by atoms with Gasteiger partial charge >= 0.3 is 6.03 Å². The van der Waals surface area contributed by atoms with Gasteiger partial charge in [-0.05, 0) is 61.0 Å². The van der Waals surface area contributed by atoms with Gasteiger partial charge in [0.05, 0.1) is 11.7 Å². The highest BCUT2D eigenvalue weighted by molar-refractivity contribution is 7.82. The SMILES string of the molecule is CC(NC(=O)N(S)c1ccc(NC(=O)c2ccccc2)cc1)c1ccc(F)cc1. The van der Waals surface area contributed by atoms with Crippen LogP contribution in [0.5, 0.6) is 0 Å². The second-order valence-electron chi connectivity index (χ2n) is 6.40. The van der Waals surface area contributed by atoms with Gasteiger partial charge in [0.25, 0.3) is 5.91 Å². The van der Waals surface area contributed by atoms with E-state index in [1.165, 1.54) is 16.4 Å². The predicted octanol–water partition coefficient (Wildman–Crippen LogP) is 5.20. The molecule has 0 aromatic heterocycles. The van der Waals surface area contributed by atoms with Gasteiger partial charge in [0.2, 0.25) is 0 Å². The molecule has 0 aliphatic heterocycles. The standard InChI is InChI=1S/C22H20FN3O2S/c1-15(16-7-9-18(23)10-8-16)24-22(28)26(29)20-13-11-19(12-14-20)25-21(27)17-5-3-2-4-6-17/h2-15,29H,1H3,(H,24,28)(H,25,27). The molecule has 0 saturated carbocycles. The molecule has 0 radical (unpaired) electrons. The fraction of sp³-hybridized carbons (Fsp3) is 0.0909. The first-order valence-electron chi connectivity index (χ1n) is 8.95. The molecule has 148 valence electrons. The van der Waals surface area contributed by atoms with Crippen molar-refractivity contribution in [3.8, 4) is 0 Å². The Bertz CT molecular complexity index is 979. The summed E-state index contributed by atoms with van der Waals surface area (Å²) in [5, 5.41) is 5.60. The number of halogens is 1. The van der Waals surface area contributed by atoms with Crippen molar-refractivity contribution in [3.05, 3.63) is 95.8 Å². The molecular formula is C22H20FN3O2S. The van der Waals surface area contributed by atoms with E-state index in [4.69, 9.17) is 0 Å². The molecule has 3 amide bonds. The van der Waals surface area contributed by atoms with Crippen molar-refractivity contribution in [2.24, 2.45) is 0 Å². The Hall–Kier alpha value is -3.32. The topological polar surface area (TPSA) is 61.4 Å². The number of amides is 3. The van der Waals surface area contributed by atoms with Crippen LogP contribution in [0, 0.1) is 5.82 Å². The average molecular weight is 409 g/mol. The summed E-state index contributed by atoms with van der Waals surface area (Å²) in [7, 11) is 0. The Morgan fingerprint density at radius 2 is 1.55 bits per heavy atom. The summed E-state index contributed by atoms with van der Waals surface area (Å²) in [5.74, 6) is -0.547. The maximum absolute atomic E-state index is 13.0. The number of hydrogen-bond donors (Lipinski definition) is 3. The molecule has 0 aliphatic rings. The minimum absolute atomic E-state index is 0.216. The first-order chi connectivity index (χ1) is 13.9. The van der Waals surface area contributed by atoms with E-state index in [2.05, 4.69) is 23.4 Å². The number of carbonyl (C=O) groups is 2. The third-order valence-electron chi connectivity index (χ3n) is 4.31. The first-order valence-corrected chi connectivity index (χ1v) is 9.35. The summed E-state index contributed by atoms with van der Waals surface area (Å²) >= 11 is 4.25. The fourth-order valence-electron chi connectivity index (χ4n) is 2.68. The van der Waals surface area contributed by atoms with Crippen LogP contribution in [0.15, 0.2) is 78.9 Å². The summed E-state index contributed by atoms with van der Waals surface area (Å²) in [6.07, 6.45) is 0. The maximum atomic E-state index is 13.0. The molecule has 0 heterocycles. The van der Waals surface area contributed by atoms with Gasteiger partial charge in [-0.15, -0.1) is 0 Å². The van der Waals surface area contributed by atoms with Crippen molar-refractivity contribution in [2.75, 3.05) is 9.62 Å². The molecular weight excluding hydrogens is 389 g/mol. The molecule has 5 nitrogen and oxygen atoms in total. The smallest absolute Gasteiger partial charge is 0.330 e. The van der Waals surface area contributed by atoms with Crippen molar-refractivity contribution in [1.29, 1.82) is 0 Å². The molecule has 1 atom stereocenters. The van der Waals surface area contributed by atoms with Crippen LogP contribution in [0.1, 0.15) is 28.9 Å². The van der Waals surface area contributed by atoms with E-state index in [-0.39, 0.29) is 17.8 Å². The summed E-state index contributed by atoms with van der Waals surface area (Å²) in [6.45, 7) is 1.80. The van der Waals surface area contributed by atoms with Crippen LogP contribution in [-0.2, 0) is 0 Å². The van der Waals surface area contributed by atoms with Gasteiger partial charge in [-0.25, -0.2) is 13.5 Å². The Kier molecular flexibility index (Phi) is 6.51. The molecule has 0 spiro atoms. The quantitative estimate of drug-likeness (QED) is 0.507. The molecule has 0 aliphatic carbocycles. The number of urea groups is 1. The summed E-state index contributed by atoms with van der Waals surface area (Å²) < 4.78 is 14.2. The van der Waals surface area contributed by atoms with E-state index in [0.717, 1.165) is 5.56 Å². The highest BCUT2D eigenvalue weighted by Crippen LogP contribution is 2.21. The predicted molar refractivity (Wildman–Crippen MR) is 116 cm³/mol. The first kappa shape index (κ1) is 20.4. The molecule has 3 aromatic rings. The Labute approximate surface area is 174 Å². The third kappa shape index (κ3) is 5.36. The molecule has 3 rings (SSSR count). The Morgan fingerprint density at radius 3 is 2.17 bits per heavy atom. The normalized spacial score (nSPS) is 11.4. The van der Waals surface area contributed by atoms with Gasteiger partial charge < -0.3 is 10.6 Å². The van der Waals surface area contributed by atoms with Crippen molar-refractivity contribution in [3.63, 3.8) is 0 Å². The second-order valence-corrected chi connectivity index (χ2v) is 6.80. The van der Waals surface area contributed by atoms with Crippen LogP contribution in [0.4, 0.5) is 20.6 Å². The summed E-state index contributed by atoms with van der Waals surface area (Å²) in [4.78, 5) is 24.6. The molecule has 2 N–H and O–H groups in total. The van der Waals surface area contributed by atoms with Gasteiger partial charge in [-0.3, -0.25) is 4.79 Å². The summed E-state index contributed by atoms with van der Waals surface area (Å²) in [6, 6.07) is 20.8. The number of hydrogen-bond acceptors (Lipinski definition) is 3. The van der Waals surface area contributed by atoms with Gasteiger partial charge in [0.15, 0.2) is 0 Å². The van der Waals surface area contributed by atoms with E-state index in [9.17, 15) is 14.0 Å². The zero-order valence-corrected chi connectivity index (χ0v) is 16.6. The lowest BCUT2D eigenvalue weighted by atomic mass is 10.1. The van der Waals surface area contributed by atoms with Crippen LogP contribution in [0.25, 0.3) is 0 Å². The Morgan fingerprint density at radius 1 is 0.931 bits per heavy atom. The van der Waals surface area contributed by atoms with Crippen LogP contribution in [0.3, 0.4) is 0 Å². The lowest BCUT2D eigenvalue weighted by Gasteiger charge is -2.21. The fourth-order valence-corrected chi connectivity index (χ4v) is 2.87. The van der Waals surface area contributed by atoms with Crippen LogP contribution < -0.4 is 14.9 Å². The van der Waals surface area contributed by atoms with Crippen LogP contribution >= 0.6 is 12.8 Å². The van der Waals surface area contributed by atoms with E-state index >= 15 is 0 Å². The minimum atomic E-state index is -0.425. The van der Waals surface area contributed by atoms with E-state index in [1.54, 1.807) is 67.6 Å². The molecule has 7 heteroatoms. The zero-order valence-electron chi connectivity index (χ0n) is 15.7. The number of anilines is 2. The van der Waals surface area contributed by atoms with Crippen LogP contribution in [0.2, 0.25) is 0 Å². The van der Waals surface area contributed by atoms with E-state index in [0.29, 0.717) is 16.9 Å². The maximum Gasteiger partial charge on any atom is 0.332 e. The largest absolute Gasteiger partial charge is 0.332 e. The van der Waals surface area contributed by atoms with Gasteiger partial charge in [-0.2, -0.15) is 0 Å². The molecule has 3 aromatic carbocycles. The molecule has 1 unspecified atom stereocenters. The van der Waals surface area contributed by atoms with Crippen molar-refractivity contribution >= 4 is 36.1 Å². The van der Waals surface area contributed by atoms with Crippen molar-refractivity contribution < 1.29 is 14.0 Å².